The quantitative estimate of drug-likeness (QED) is 0.836. The summed E-state index contributed by atoms with van der Waals surface area (Å²) >= 11 is 0. The molecule has 0 fully saturated rings. The zero-order valence-corrected chi connectivity index (χ0v) is 14.1. The SMILES string of the molecule is N#CCCC(NC(=O)OCC1c2ccccc2-c2ccccc21)C(N)=O. The van der Waals surface area contributed by atoms with Gasteiger partial charge in [-0.3, -0.25) is 4.79 Å². The van der Waals surface area contributed by atoms with Crippen LogP contribution in [0.4, 0.5) is 4.79 Å². The number of primary amides is 1. The number of alkyl carbamates (subject to hydrolysis) is 1. The van der Waals surface area contributed by atoms with E-state index in [-0.39, 0.29) is 25.4 Å². The van der Waals surface area contributed by atoms with Gasteiger partial charge in [0, 0.05) is 12.3 Å². The number of hydrogen-bond donors (Lipinski definition) is 2. The van der Waals surface area contributed by atoms with E-state index in [1.807, 2.05) is 42.5 Å². The summed E-state index contributed by atoms with van der Waals surface area (Å²) in [7, 11) is 0. The molecule has 1 atom stereocenters. The lowest BCUT2D eigenvalue weighted by Crippen LogP contribution is -2.44. The third kappa shape index (κ3) is 3.52. The van der Waals surface area contributed by atoms with Crippen molar-refractivity contribution in [3.05, 3.63) is 59.7 Å². The summed E-state index contributed by atoms with van der Waals surface area (Å²) in [5.74, 6) is -0.743. The van der Waals surface area contributed by atoms with E-state index >= 15 is 0 Å². The molecule has 1 unspecified atom stereocenters. The number of carbonyl (C=O) groups excluding carboxylic acids is 2. The summed E-state index contributed by atoms with van der Waals surface area (Å²) in [6.45, 7) is 0.156. The monoisotopic (exact) mass is 349 g/mol. The van der Waals surface area contributed by atoms with Crippen LogP contribution in [-0.4, -0.2) is 24.6 Å². The zero-order valence-electron chi connectivity index (χ0n) is 14.1. The lowest BCUT2D eigenvalue weighted by Gasteiger charge is -2.17. The molecule has 1 aliphatic carbocycles. The summed E-state index contributed by atoms with van der Waals surface area (Å²) in [5.41, 5.74) is 9.75. The summed E-state index contributed by atoms with van der Waals surface area (Å²) in [5, 5.41) is 11.1. The molecule has 3 rings (SSSR count). The molecule has 0 spiro atoms. The Balaban J connectivity index is 1.69. The highest BCUT2D eigenvalue weighted by Gasteiger charge is 2.29. The van der Waals surface area contributed by atoms with Gasteiger partial charge in [-0.2, -0.15) is 5.26 Å². The van der Waals surface area contributed by atoms with Gasteiger partial charge in [-0.25, -0.2) is 4.79 Å². The number of rotatable bonds is 6. The van der Waals surface area contributed by atoms with Crippen LogP contribution in [0.1, 0.15) is 29.9 Å². The van der Waals surface area contributed by atoms with Crippen LogP contribution in [0.15, 0.2) is 48.5 Å². The van der Waals surface area contributed by atoms with E-state index < -0.39 is 18.0 Å². The van der Waals surface area contributed by atoms with Gasteiger partial charge in [-0.15, -0.1) is 0 Å². The van der Waals surface area contributed by atoms with Gasteiger partial charge in [-0.05, 0) is 28.7 Å². The Morgan fingerprint density at radius 1 is 1.12 bits per heavy atom. The van der Waals surface area contributed by atoms with Gasteiger partial charge in [0.1, 0.15) is 12.6 Å². The first-order chi connectivity index (χ1) is 12.6. The van der Waals surface area contributed by atoms with Crippen LogP contribution in [0.5, 0.6) is 0 Å². The molecular formula is C20H19N3O3. The maximum atomic E-state index is 12.1. The van der Waals surface area contributed by atoms with Gasteiger partial charge < -0.3 is 15.8 Å². The van der Waals surface area contributed by atoms with Gasteiger partial charge in [0.15, 0.2) is 0 Å². The minimum Gasteiger partial charge on any atom is -0.449 e. The lowest BCUT2D eigenvalue weighted by atomic mass is 9.98. The largest absolute Gasteiger partial charge is 0.449 e. The van der Waals surface area contributed by atoms with Crippen LogP contribution in [0.2, 0.25) is 0 Å². The fourth-order valence-electron chi connectivity index (χ4n) is 3.28. The zero-order chi connectivity index (χ0) is 18.5. The van der Waals surface area contributed by atoms with Crippen LogP contribution < -0.4 is 11.1 Å². The molecule has 26 heavy (non-hydrogen) atoms. The summed E-state index contributed by atoms with van der Waals surface area (Å²) in [6.07, 6.45) is -0.429. The molecule has 3 N–H and O–H groups in total. The molecule has 0 heterocycles. The Labute approximate surface area is 151 Å². The Morgan fingerprint density at radius 2 is 1.69 bits per heavy atom. The number of nitrogens with one attached hydrogen (secondary N) is 1. The molecule has 2 aromatic rings. The average molecular weight is 349 g/mol. The second-order valence-electron chi connectivity index (χ2n) is 6.12. The summed E-state index contributed by atoms with van der Waals surface area (Å²) in [4.78, 5) is 23.4. The number of amides is 2. The van der Waals surface area contributed by atoms with E-state index in [0.29, 0.717) is 0 Å². The van der Waals surface area contributed by atoms with Gasteiger partial charge in [0.25, 0.3) is 0 Å². The summed E-state index contributed by atoms with van der Waals surface area (Å²) in [6, 6.07) is 17.1. The maximum absolute atomic E-state index is 12.1. The average Bonchev–Trinajstić information content (AvgIpc) is 2.97. The van der Waals surface area contributed by atoms with Crippen molar-refractivity contribution in [2.24, 2.45) is 5.73 Å². The highest BCUT2D eigenvalue weighted by Crippen LogP contribution is 2.44. The highest BCUT2D eigenvalue weighted by molar-refractivity contribution is 5.84. The van der Waals surface area contributed by atoms with Crippen molar-refractivity contribution in [2.45, 2.75) is 24.8 Å². The van der Waals surface area contributed by atoms with Crippen molar-refractivity contribution in [3.63, 3.8) is 0 Å². The van der Waals surface area contributed by atoms with Crippen LogP contribution in [0.3, 0.4) is 0 Å². The first-order valence-electron chi connectivity index (χ1n) is 8.39. The second-order valence-corrected chi connectivity index (χ2v) is 6.12. The molecule has 0 aromatic heterocycles. The van der Waals surface area contributed by atoms with E-state index in [0.717, 1.165) is 22.3 Å². The highest BCUT2D eigenvalue weighted by atomic mass is 16.5. The number of ether oxygens (including phenoxy) is 1. The van der Waals surface area contributed by atoms with E-state index in [1.54, 1.807) is 0 Å². The smallest absolute Gasteiger partial charge is 0.407 e. The third-order valence-corrected chi connectivity index (χ3v) is 4.52. The standard InChI is InChI=1S/C20H19N3O3/c21-11-5-10-18(19(22)24)23-20(25)26-12-17-15-8-3-1-6-13(15)14-7-2-4-9-16(14)17/h1-4,6-9,17-18H,5,10,12H2,(H2,22,24)(H,23,25). The van der Waals surface area contributed by atoms with E-state index in [4.69, 9.17) is 15.7 Å². The molecule has 0 bridgehead atoms. The number of nitrogens with two attached hydrogens (primary N) is 1. The van der Waals surface area contributed by atoms with Crippen LogP contribution in [0, 0.1) is 11.3 Å². The molecule has 0 aliphatic heterocycles. The predicted octanol–water partition coefficient (Wildman–Crippen LogP) is 2.68. The Bertz CT molecular complexity index is 827. The van der Waals surface area contributed by atoms with Gasteiger partial charge in [0.05, 0.1) is 6.07 Å². The molecule has 2 amide bonds. The van der Waals surface area contributed by atoms with E-state index in [2.05, 4.69) is 17.4 Å². The maximum Gasteiger partial charge on any atom is 0.407 e. The van der Waals surface area contributed by atoms with Crippen LogP contribution >= 0.6 is 0 Å². The summed E-state index contributed by atoms with van der Waals surface area (Å²) < 4.78 is 5.36. The van der Waals surface area contributed by atoms with Gasteiger partial charge in [0.2, 0.25) is 5.91 Å². The molecular weight excluding hydrogens is 330 g/mol. The van der Waals surface area contributed by atoms with Crippen molar-refractivity contribution in [1.82, 2.24) is 5.32 Å². The van der Waals surface area contributed by atoms with Gasteiger partial charge >= 0.3 is 6.09 Å². The van der Waals surface area contributed by atoms with E-state index in [1.165, 1.54) is 0 Å². The minimum atomic E-state index is -0.912. The number of fused-ring (bicyclic) bond motifs is 3. The van der Waals surface area contributed by atoms with Crippen LogP contribution in [0.25, 0.3) is 11.1 Å². The first-order valence-corrected chi connectivity index (χ1v) is 8.39. The van der Waals surface area contributed by atoms with Crippen molar-refractivity contribution in [2.75, 3.05) is 6.61 Å². The minimum absolute atomic E-state index is 0.0562. The molecule has 2 aromatic carbocycles. The van der Waals surface area contributed by atoms with Crippen molar-refractivity contribution >= 4 is 12.0 Å². The number of carbonyl (C=O) groups is 2. The number of nitrogens with zero attached hydrogens (tertiary/aromatic N) is 1. The van der Waals surface area contributed by atoms with E-state index in [9.17, 15) is 9.59 Å². The fourth-order valence-corrected chi connectivity index (χ4v) is 3.28. The Kier molecular flexibility index (Phi) is 5.18. The molecule has 1 aliphatic rings. The fraction of sp³-hybridized carbons (Fsp3) is 0.250. The van der Waals surface area contributed by atoms with Gasteiger partial charge in [-0.1, -0.05) is 48.5 Å². The van der Waals surface area contributed by atoms with Crippen molar-refractivity contribution in [1.29, 1.82) is 5.26 Å². The third-order valence-electron chi connectivity index (χ3n) is 4.52. The van der Waals surface area contributed by atoms with Crippen molar-refractivity contribution < 1.29 is 14.3 Å². The van der Waals surface area contributed by atoms with Crippen LogP contribution in [-0.2, 0) is 9.53 Å². The molecule has 6 nitrogen and oxygen atoms in total. The normalized spacial score (nSPS) is 13.2. The topological polar surface area (TPSA) is 105 Å². The Morgan fingerprint density at radius 3 is 2.23 bits per heavy atom. The van der Waals surface area contributed by atoms with Crippen molar-refractivity contribution in [3.8, 4) is 17.2 Å². The number of nitriles is 1. The predicted molar refractivity (Wildman–Crippen MR) is 96.0 cm³/mol. The first kappa shape index (κ1) is 17.5. The molecule has 132 valence electrons. The molecule has 0 saturated heterocycles. The molecule has 0 radical (unpaired) electrons. The second kappa shape index (κ2) is 7.70. The number of benzene rings is 2. The Hall–Kier alpha value is -3.33. The molecule has 6 heteroatoms. The number of hydrogen-bond acceptors (Lipinski definition) is 4. The molecule has 0 saturated carbocycles. The lowest BCUT2D eigenvalue weighted by molar-refractivity contribution is -0.120.